The van der Waals surface area contributed by atoms with Crippen LogP contribution in [0, 0.1) is 5.92 Å². The van der Waals surface area contributed by atoms with Gasteiger partial charge in [-0.25, -0.2) is 4.98 Å². The van der Waals surface area contributed by atoms with Gasteiger partial charge in [-0.05, 0) is 59.0 Å². The number of imidazole rings is 1. The smallest absolute Gasteiger partial charge is 0.149 e. The van der Waals surface area contributed by atoms with E-state index in [1.807, 2.05) is 38.1 Å². The molecule has 3 aromatic carbocycles. The van der Waals surface area contributed by atoms with Crippen LogP contribution in [0.15, 0.2) is 71.3 Å². The van der Waals surface area contributed by atoms with Gasteiger partial charge in [0.25, 0.3) is 0 Å². The van der Waals surface area contributed by atoms with E-state index in [1.165, 1.54) is 16.8 Å². The van der Waals surface area contributed by atoms with Crippen LogP contribution < -0.4 is 0 Å². The molecule has 0 aliphatic rings. The normalized spacial score (nSPS) is 13.4. The minimum absolute atomic E-state index is 0.143. The number of hydrogen-bond acceptors (Lipinski definition) is 2. The molecule has 0 saturated heterocycles. The zero-order valence-electron chi connectivity index (χ0n) is 22.9. The van der Waals surface area contributed by atoms with Gasteiger partial charge in [0.1, 0.15) is 17.7 Å². The molecule has 0 spiro atoms. The predicted molar refractivity (Wildman–Crippen MR) is 143 cm³/mol. The largest absolute Gasteiger partial charge is 0.464 e. The highest BCUT2D eigenvalue weighted by Gasteiger charge is 2.23. The summed E-state index contributed by atoms with van der Waals surface area (Å²) < 4.78 is 25.4. The van der Waals surface area contributed by atoms with Crippen molar-refractivity contribution in [2.45, 2.75) is 59.8 Å². The molecule has 3 nitrogen and oxygen atoms in total. The topological polar surface area (TPSA) is 31.0 Å². The number of nitrogens with zero attached hydrogens (tertiary/aromatic N) is 2. The quantitative estimate of drug-likeness (QED) is 0.257. The third kappa shape index (κ3) is 3.83. The SMILES string of the molecule is [2H]C([2H])(c1ccc2c(-c3nc4ccccc4n3-c3c(C(C)C)cccc3C(C)C)coc2c1)C(C)C. The molecule has 0 aliphatic carbocycles. The van der Waals surface area contributed by atoms with Crippen LogP contribution in [0.3, 0.4) is 0 Å². The molecule has 0 amide bonds. The summed E-state index contributed by atoms with van der Waals surface area (Å²) in [4.78, 5) is 5.11. The third-order valence-electron chi connectivity index (χ3n) is 6.40. The fourth-order valence-electron chi connectivity index (χ4n) is 4.83. The van der Waals surface area contributed by atoms with Crippen LogP contribution in [0.5, 0.6) is 0 Å². The summed E-state index contributed by atoms with van der Waals surface area (Å²) in [5.74, 6) is 1.38. The van der Waals surface area contributed by atoms with Gasteiger partial charge in [0.2, 0.25) is 0 Å². The minimum atomic E-state index is -1.43. The Labute approximate surface area is 205 Å². The summed E-state index contributed by atoms with van der Waals surface area (Å²) in [5, 5.41) is 0.933. The Morgan fingerprint density at radius 2 is 1.59 bits per heavy atom. The van der Waals surface area contributed by atoms with Gasteiger partial charge in [-0.2, -0.15) is 0 Å². The Morgan fingerprint density at radius 1 is 0.882 bits per heavy atom. The van der Waals surface area contributed by atoms with E-state index in [-0.39, 0.29) is 5.92 Å². The summed E-state index contributed by atoms with van der Waals surface area (Å²) in [7, 11) is 0. The van der Waals surface area contributed by atoms with Crippen LogP contribution in [0.1, 0.15) is 72.8 Å². The van der Waals surface area contributed by atoms with Crippen molar-refractivity contribution in [1.29, 1.82) is 0 Å². The van der Waals surface area contributed by atoms with E-state index in [1.54, 1.807) is 6.26 Å². The molecule has 2 heterocycles. The van der Waals surface area contributed by atoms with Gasteiger partial charge in [-0.1, -0.05) is 84.0 Å². The zero-order valence-corrected chi connectivity index (χ0v) is 20.9. The van der Waals surface area contributed by atoms with Crippen LogP contribution in [0.25, 0.3) is 39.1 Å². The second kappa shape index (κ2) is 8.79. The van der Waals surface area contributed by atoms with Crippen LogP contribution in [-0.2, 0) is 6.37 Å². The fraction of sp³-hybridized carbons (Fsp3) is 0.323. The highest BCUT2D eigenvalue weighted by atomic mass is 16.3. The maximum Gasteiger partial charge on any atom is 0.149 e. The van der Waals surface area contributed by atoms with Gasteiger partial charge in [0.15, 0.2) is 0 Å². The number of hydrogen-bond donors (Lipinski definition) is 0. The van der Waals surface area contributed by atoms with Crippen LogP contribution in [0.2, 0.25) is 0 Å². The maximum absolute atomic E-state index is 8.52. The molecule has 0 unspecified atom stereocenters. The van der Waals surface area contributed by atoms with E-state index >= 15 is 0 Å². The first-order chi connectivity index (χ1) is 17.1. The van der Waals surface area contributed by atoms with Crippen molar-refractivity contribution in [3.05, 3.63) is 83.6 Å². The summed E-state index contributed by atoms with van der Waals surface area (Å²) in [6.45, 7) is 12.7. The lowest BCUT2D eigenvalue weighted by atomic mass is 9.92. The van der Waals surface area contributed by atoms with E-state index in [2.05, 4.69) is 68.7 Å². The Balaban J connectivity index is 1.82. The van der Waals surface area contributed by atoms with Crippen molar-refractivity contribution >= 4 is 22.0 Å². The van der Waals surface area contributed by atoms with E-state index in [0.717, 1.165) is 27.8 Å². The number of para-hydroxylation sites is 3. The average Bonchev–Trinajstić information content (AvgIpc) is 3.43. The molecule has 3 heteroatoms. The summed E-state index contributed by atoms with van der Waals surface area (Å²) in [6.07, 6.45) is 0.334. The van der Waals surface area contributed by atoms with Crippen molar-refractivity contribution in [2.24, 2.45) is 5.92 Å². The molecule has 34 heavy (non-hydrogen) atoms. The van der Waals surface area contributed by atoms with Gasteiger partial charge in [-0.15, -0.1) is 0 Å². The van der Waals surface area contributed by atoms with Crippen molar-refractivity contribution in [2.75, 3.05) is 0 Å². The molecule has 0 N–H and O–H groups in total. The monoisotopic (exact) mass is 452 g/mol. The van der Waals surface area contributed by atoms with Crippen molar-refractivity contribution < 1.29 is 7.16 Å². The molecule has 0 saturated carbocycles. The molecular formula is C31H34N2O. The molecule has 2 aromatic heterocycles. The van der Waals surface area contributed by atoms with E-state index in [0.29, 0.717) is 23.0 Å². The first-order valence-electron chi connectivity index (χ1n) is 13.2. The zero-order chi connectivity index (χ0) is 25.8. The molecule has 0 aliphatic heterocycles. The van der Waals surface area contributed by atoms with Gasteiger partial charge in [0, 0.05) is 8.13 Å². The fourth-order valence-corrected chi connectivity index (χ4v) is 4.83. The highest BCUT2D eigenvalue weighted by Crippen LogP contribution is 2.39. The number of furan rings is 1. The van der Waals surface area contributed by atoms with E-state index in [9.17, 15) is 0 Å². The number of benzene rings is 3. The lowest BCUT2D eigenvalue weighted by Crippen LogP contribution is -2.08. The molecule has 0 fully saturated rings. The standard InChI is InChI=1S/C31H34N2O/c1-19(2)16-22-14-15-25-26(18-34-29(25)17-22)31-32-27-12-7-8-13-28(27)33(31)30-23(20(3)4)10-9-11-24(30)21(5)6/h7-15,17-21H,16H2,1-6H3/i16D2. The maximum atomic E-state index is 8.52. The molecule has 5 rings (SSSR count). The molecule has 5 aromatic rings. The number of fused-ring (bicyclic) bond motifs is 2. The molecule has 0 atom stereocenters. The van der Waals surface area contributed by atoms with Gasteiger partial charge < -0.3 is 4.42 Å². The van der Waals surface area contributed by atoms with Crippen molar-refractivity contribution in [3.8, 4) is 17.1 Å². The minimum Gasteiger partial charge on any atom is -0.464 e. The van der Waals surface area contributed by atoms with Crippen LogP contribution in [0.4, 0.5) is 0 Å². The first kappa shape index (κ1) is 20.1. The average molecular weight is 453 g/mol. The Morgan fingerprint density at radius 3 is 2.26 bits per heavy atom. The lowest BCUT2D eigenvalue weighted by Gasteiger charge is -2.22. The Kier molecular flexibility index (Phi) is 5.19. The van der Waals surface area contributed by atoms with Crippen molar-refractivity contribution in [1.82, 2.24) is 9.55 Å². The second-order valence-corrected chi connectivity index (χ2v) is 10.0. The summed E-state index contributed by atoms with van der Waals surface area (Å²) in [5.41, 5.74) is 7.96. The van der Waals surface area contributed by atoms with Crippen LogP contribution >= 0.6 is 0 Å². The molecule has 174 valence electrons. The number of rotatable bonds is 6. The first-order valence-corrected chi connectivity index (χ1v) is 12.2. The van der Waals surface area contributed by atoms with E-state index < -0.39 is 6.37 Å². The van der Waals surface area contributed by atoms with E-state index in [4.69, 9.17) is 12.1 Å². The summed E-state index contributed by atoms with van der Waals surface area (Å²) >= 11 is 0. The third-order valence-corrected chi connectivity index (χ3v) is 6.40. The van der Waals surface area contributed by atoms with Gasteiger partial charge in [0.05, 0.1) is 22.3 Å². The second-order valence-electron chi connectivity index (χ2n) is 10.0. The molecular weight excluding hydrogens is 416 g/mol. The highest BCUT2D eigenvalue weighted by molar-refractivity contribution is 5.95. The van der Waals surface area contributed by atoms with Gasteiger partial charge >= 0.3 is 0 Å². The predicted octanol–water partition coefficient (Wildman–Crippen LogP) is 8.88. The Hall–Kier alpha value is -3.33. The van der Waals surface area contributed by atoms with Gasteiger partial charge in [-0.3, -0.25) is 4.57 Å². The number of aromatic nitrogens is 2. The van der Waals surface area contributed by atoms with Crippen LogP contribution in [-0.4, -0.2) is 9.55 Å². The Bertz CT molecular complexity index is 1530. The summed E-state index contributed by atoms with van der Waals surface area (Å²) in [6, 6.07) is 20.6. The molecule has 0 bridgehead atoms. The van der Waals surface area contributed by atoms with Crippen molar-refractivity contribution in [3.63, 3.8) is 0 Å². The lowest BCUT2D eigenvalue weighted by molar-refractivity contribution is 0.612. The molecule has 0 radical (unpaired) electrons.